The largest absolute Gasteiger partial charge is 0.459 e. The van der Waals surface area contributed by atoms with Crippen molar-refractivity contribution in [2.24, 2.45) is 0 Å². The van der Waals surface area contributed by atoms with Crippen molar-refractivity contribution in [1.29, 1.82) is 5.26 Å². The van der Waals surface area contributed by atoms with E-state index in [2.05, 4.69) is 0 Å². The molecule has 0 aliphatic carbocycles. The van der Waals surface area contributed by atoms with Crippen LogP contribution in [0.1, 0.15) is 27.6 Å². The zero-order valence-electron chi connectivity index (χ0n) is 17.2. The van der Waals surface area contributed by atoms with Crippen LogP contribution in [-0.4, -0.2) is 59.0 Å². The van der Waals surface area contributed by atoms with Crippen molar-refractivity contribution in [3.05, 3.63) is 71.8 Å². The van der Waals surface area contributed by atoms with Crippen molar-refractivity contribution in [3.63, 3.8) is 0 Å². The van der Waals surface area contributed by atoms with Gasteiger partial charge >= 0.3 is 18.1 Å². The summed E-state index contributed by atoms with van der Waals surface area (Å²) in [5.74, 6) is -2.36. The number of nitrogens with zero attached hydrogens (tertiary/aromatic N) is 1. The highest BCUT2D eigenvalue weighted by molar-refractivity contribution is 5.90. The molecule has 0 aromatic heterocycles. The fraction of sp³-hybridized carbons (Fsp3) is 0.318. The lowest BCUT2D eigenvalue weighted by molar-refractivity contribution is -0.294. The highest BCUT2D eigenvalue weighted by Gasteiger charge is 2.74. The van der Waals surface area contributed by atoms with Gasteiger partial charge < -0.3 is 24.4 Å². The number of aliphatic hydroxyl groups is 2. The van der Waals surface area contributed by atoms with E-state index in [-0.39, 0.29) is 11.1 Å². The third kappa shape index (κ3) is 5.67. The molecular weight excluding hydrogens is 447 g/mol. The van der Waals surface area contributed by atoms with E-state index in [0.717, 1.165) is 0 Å². The molecule has 0 radical (unpaired) electrons. The van der Waals surface area contributed by atoms with Crippen LogP contribution in [0.4, 0.5) is 13.2 Å². The van der Waals surface area contributed by atoms with Crippen molar-refractivity contribution < 1.29 is 47.2 Å². The Labute approximate surface area is 186 Å². The number of hydrogen-bond acceptors (Lipinski definition) is 8. The first-order valence-corrected chi connectivity index (χ1v) is 9.48. The molecule has 1 aliphatic rings. The van der Waals surface area contributed by atoms with E-state index in [1.54, 1.807) is 18.2 Å². The Kier molecular flexibility index (Phi) is 8.53. The topological polar surface area (TPSA) is 126 Å². The Morgan fingerprint density at radius 2 is 1.48 bits per heavy atom. The molecule has 8 nitrogen and oxygen atoms in total. The lowest BCUT2D eigenvalue weighted by Crippen LogP contribution is -2.63. The maximum Gasteiger partial charge on any atom is 0.433 e. The molecule has 3 rings (SSSR count). The first kappa shape index (κ1) is 25.8. The summed E-state index contributed by atoms with van der Waals surface area (Å²) in [5.41, 5.74) is -3.80. The number of esters is 2. The number of alkyl halides is 3. The van der Waals surface area contributed by atoms with Gasteiger partial charge in [-0.2, -0.15) is 18.4 Å². The van der Waals surface area contributed by atoms with E-state index < -0.39 is 48.8 Å². The van der Waals surface area contributed by atoms with E-state index in [9.17, 15) is 33.0 Å². The number of benzene rings is 2. The van der Waals surface area contributed by atoms with Crippen molar-refractivity contribution in [3.8, 4) is 6.07 Å². The summed E-state index contributed by atoms with van der Waals surface area (Å²) >= 11 is 0. The van der Waals surface area contributed by atoms with E-state index >= 15 is 0 Å². The molecule has 176 valence electrons. The number of rotatable bonds is 5. The van der Waals surface area contributed by atoms with Crippen LogP contribution >= 0.6 is 0 Å². The second-order valence-corrected chi connectivity index (χ2v) is 6.69. The third-order valence-electron chi connectivity index (χ3n) is 4.58. The molecule has 0 amide bonds. The van der Waals surface area contributed by atoms with Gasteiger partial charge in [-0.1, -0.05) is 36.4 Å². The van der Waals surface area contributed by atoms with Gasteiger partial charge in [-0.05, 0) is 24.3 Å². The monoisotopic (exact) mass is 467 g/mol. The molecule has 1 unspecified atom stereocenters. The van der Waals surface area contributed by atoms with Crippen LogP contribution in [0.2, 0.25) is 0 Å². The summed E-state index contributed by atoms with van der Waals surface area (Å²) in [6.07, 6.45) is -12.6. The van der Waals surface area contributed by atoms with Crippen LogP contribution in [-0.2, 0) is 14.2 Å². The quantitative estimate of drug-likeness (QED) is 0.643. The van der Waals surface area contributed by atoms with Gasteiger partial charge in [0.15, 0.2) is 12.4 Å². The second kappa shape index (κ2) is 10.9. The molecular formula is C22H20F3NO7. The van der Waals surface area contributed by atoms with Gasteiger partial charge in [0, 0.05) is 6.92 Å². The van der Waals surface area contributed by atoms with E-state index in [1.165, 1.54) is 55.5 Å². The Morgan fingerprint density at radius 3 is 1.94 bits per heavy atom. The number of carbonyl (C=O) groups is 2. The maximum atomic E-state index is 14.0. The lowest BCUT2D eigenvalue weighted by atomic mass is 9.91. The minimum atomic E-state index is -5.36. The van der Waals surface area contributed by atoms with Gasteiger partial charge in [0.1, 0.15) is 12.7 Å². The molecule has 11 heteroatoms. The Morgan fingerprint density at radius 1 is 1.03 bits per heavy atom. The molecule has 0 bridgehead atoms. The zero-order chi connectivity index (χ0) is 24.6. The molecule has 2 aromatic rings. The molecule has 1 saturated heterocycles. The van der Waals surface area contributed by atoms with Crippen molar-refractivity contribution >= 4 is 11.9 Å². The van der Waals surface area contributed by atoms with Crippen molar-refractivity contribution in [2.45, 2.75) is 37.2 Å². The standard InChI is InChI=1S/C20H17F3O7.C2H3N/c21-20(22,23)19(30-17(26)13-9-5-2-6-10-13)14(29-18(27)15(19)24)11-28-16(25)12-7-3-1-4-8-12;1-2-3/h1-10,14-15,18,24,27H,11H2;1H3/t14-,15+,18?,19-;/m1./s1. The smallest absolute Gasteiger partial charge is 0.433 e. The number of carbonyl (C=O) groups excluding carboxylic acids is 2. The van der Waals surface area contributed by atoms with Crippen LogP contribution in [0.15, 0.2) is 60.7 Å². The first-order valence-electron chi connectivity index (χ1n) is 9.48. The lowest BCUT2D eigenvalue weighted by Gasteiger charge is -2.36. The molecule has 0 saturated carbocycles. The second-order valence-electron chi connectivity index (χ2n) is 6.69. The molecule has 1 fully saturated rings. The molecule has 2 N–H and O–H groups in total. The minimum Gasteiger partial charge on any atom is -0.459 e. The van der Waals surface area contributed by atoms with Gasteiger partial charge in [0.05, 0.1) is 17.2 Å². The average Bonchev–Trinajstić information content (AvgIpc) is 3.04. The minimum absolute atomic E-state index is 0.0653. The van der Waals surface area contributed by atoms with Crippen molar-refractivity contribution in [2.75, 3.05) is 6.61 Å². The van der Waals surface area contributed by atoms with E-state index in [1.807, 2.05) is 0 Å². The van der Waals surface area contributed by atoms with Gasteiger partial charge in [-0.25, -0.2) is 9.59 Å². The molecule has 1 aliphatic heterocycles. The molecule has 4 atom stereocenters. The number of hydrogen-bond donors (Lipinski definition) is 2. The average molecular weight is 467 g/mol. The fourth-order valence-electron chi connectivity index (χ4n) is 3.04. The summed E-state index contributed by atoms with van der Waals surface area (Å²) in [7, 11) is 0. The number of halogens is 3. The first-order chi connectivity index (χ1) is 15.6. The summed E-state index contributed by atoms with van der Waals surface area (Å²) in [6, 6.07) is 16.0. The summed E-state index contributed by atoms with van der Waals surface area (Å²) < 4.78 is 56.5. The Hall–Kier alpha value is -3.46. The predicted octanol–water partition coefficient (Wildman–Crippen LogP) is 2.61. The maximum absolute atomic E-state index is 14.0. The number of ether oxygens (including phenoxy) is 3. The summed E-state index contributed by atoms with van der Waals surface area (Å²) in [6.45, 7) is 0.392. The van der Waals surface area contributed by atoms with Gasteiger partial charge in [0.2, 0.25) is 0 Å². The van der Waals surface area contributed by atoms with Crippen LogP contribution in [0.3, 0.4) is 0 Å². The van der Waals surface area contributed by atoms with Gasteiger partial charge in [-0.3, -0.25) is 0 Å². The Balaban J connectivity index is 0.00000122. The van der Waals surface area contributed by atoms with Crippen LogP contribution in [0.25, 0.3) is 0 Å². The molecule has 33 heavy (non-hydrogen) atoms. The normalized spacial score (nSPS) is 24.1. The van der Waals surface area contributed by atoms with Crippen LogP contribution in [0.5, 0.6) is 0 Å². The van der Waals surface area contributed by atoms with E-state index in [4.69, 9.17) is 19.5 Å². The Bertz CT molecular complexity index is 979. The fourth-order valence-corrected chi connectivity index (χ4v) is 3.04. The number of nitriles is 1. The molecule has 2 aromatic carbocycles. The highest BCUT2D eigenvalue weighted by atomic mass is 19.4. The molecule has 0 spiro atoms. The highest BCUT2D eigenvalue weighted by Crippen LogP contribution is 2.46. The summed E-state index contributed by atoms with van der Waals surface area (Å²) in [4.78, 5) is 24.4. The van der Waals surface area contributed by atoms with E-state index in [0.29, 0.717) is 0 Å². The SMILES string of the molecule is CC#N.O=C(OC[C@H]1OC(O)[C@H](O)[C@@]1(OC(=O)c1ccccc1)C(F)(F)F)c1ccccc1. The van der Waals surface area contributed by atoms with Crippen LogP contribution in [0, 0.1) is 11.3 Å². The third-order valence-corrected chi connectivity index (χ3v) is 4.58. The zero-order valence-corrected chi connectivity index (χ0v) is 17.2. The predicted molar refractivity (Wildman–Crippen MR) is 106 cm³/mol. The van der Waals surface area contributed by atoms with Gasteiger partial charge in [-0.15, -0.1) is 0 Å². The van der Waals surface area contributed by atoms with Crippen LogP contribution < -0.4 is 0 Å². The van der Waals surface area contributed by atoms with Gasteiger partial charge in [0.25, 0.3) is 5.60 Å². The van der Waals surface area contributed by atoms with Crippen molar-refractivity contribution in [1.82, 2.24) is 0 Å². The number of aliphatic hydroxyl groups excluding tert-OH is 2. The molecule has 1 heterocycles. The summed E-state index contributed by atoms with van der Waals surface area (Å²) in [5, 5.41) is 27.1.